The highest BCUT2D eigenvalue weighted by molar-refractivity contribution is 4.52. The van der Waals surface area contributed by atoms with Gasteiger partial charge in [0.1, 0.15) is 0 Å². The van der Waals surface area contributed by atoms with E-state index in [1.165, 1.54) is 57.9 Å². The second-order valence-corrected chi connectivity index (χ2v) is 5.48. The van der Waals surface area contributed by atoms with Gasteiger partial charge in [0.25, 0.3) is 0 Å². The van der Waals surface area contributed by atoms with E-state index in [0.29, 0.717) is 6.61 Å². The summed E-state index contributed by atoms with van der Waals surface area (Å²) in [5.41, 5.74) is 0. The second-order valence-electron chi connectivity index (χ2n) is 5.48. The molecular formula is C15H33NO. The van der Waals surface area contributed by atoms with Gasteiger partial charge in [-0.3, -0.25) is 0 Å². The van der Waals surface area contributed by atoms with Crippen LogP contribution in [0.5, 0.6) is 0 Å². The van der Waals surface area contributed by atoms with Crippen molar-refractivity contribution in [1.29, 1.82) is 0 Å². The van der Waals surface area contributed by atoms with Gasteiger partial charge in [-0.2, -0.15) is 0 Å². The maximum atomic E-state index is 8.63. The highest BCUT2D eigenvalue weighted by atomic mass is 16.2. The molecule has 0 aliphatic heterocycles. The lowest BCUT2D eigenvalue weighted by molar-refractivity contribution is 0.282. The van der Waals surface area contributed by atoms with Crippen LogP contribution >= 0.6 is 0 Å². The molecular weight excluding hydrogens is 210 g/mol. The third kappa shape index (κ3) is 15.9. The van der Waals surface area contributed by atoms with E-state index in [4.69, 9.17) is 5.11 Å². The number of hydrogen-bond acceptors (Lipinski definition) is 2. The molecule has 0 heterocycles. The van der Waals surface area contributed by atoms with E-state index in [0.717, 1.165) is 18.9 Å². The van der Waals surface area contributed by atoms with Gasteiger partial charge in [0.2, 0.25) is 0 Å². The molecule has 0 fully saturated rings. The molecule has 0 aliphatic carbocycles. The lowest BCUT2D eigenvalue weighted by Crippen LogP contribution is -2.16. The summed E-state index contributed by atoms with van der Waals surface area (Å²) < 4.78 is 0. The Labute approximate surface area is 108 Å². The van der Waals surface area contributed by atoms with E-state index in [1.54, 1.807) is 0 Å². The molecule has 0 atom stereocenters. The summed E-state index contributed by atoms with van der Waals surface area (Å²) in [5.74, 6) is 0.868. The van der Waals surface area contributed by atoms with Crippen LogP contribution in [0.3, 0.4) is 0 Å². The lowest BCUT2D eigenvalue weighted by atomic mass is 10.0. The highest BCUT2D eigenvalue weighted by Gasteiger charge is 1.94. The second kappa shape index (κ2) is 14.0. The van der Waals surface area contributed by atoms with Crippen LogP contribution in [0.2, 0.25) is 0 Å². The van der Waals surface area contributed by atoms with Crippen LogP contribution in [0.25, 0.3) is 0 Å². The Hall–Kier alpha value is -0.0800. The molecule has 2 N–H and O–H groups in total. The van der Waals surface area contributed by atoms with Crippen molar-refractivity contribution in [2.75, 3.05) is 19.7 Å². The largest absolute Gasteiger partial charge is 0.396 e. The van der Waals surface area contributed by atoms with Gasteiger partial charge in [-0.15, -0.1) is 0 Å². The third-order valence-corrected chi connectivity index (χ3v) is 3.15. The maximum Gasteiger partial charge on any atom is 0.0431 e. The van der Waals surface area contributed by atoms with Gasteiger partial charge < -0.3 is 10.4 Å². The van der Waals surface area contributed by atoms with Crippen LogP contribution in [0.15, 0.2) is 0 Å². The van der Waals surface area contributed by atoms with Gasteiger partial charge in [-0.25, -0.2) is 0 Å². The Balaban J connectivity index is 2.89. The fraction of sp³-hybridized carbons (Fsp3) is 1.00. The van der Waals surface area contributed by atoms with Crippen molar-refractivity contribution in [3.8, 4) is 0 Å². The molecule has 0 saturated carbocycles. The first-order valence-corrected chi connectivity index (χ1v) is 7.59. The highest BCUT2D eigenvalue weighted by Crippen LogP contribution is 2.08. The normalized spacial score (nSPS) is 11.3. The Morgan fingerprint density at radius 2 is 1.29 bits per heavy atom. The zero-order chi connectivity index (χ0) is 12.8. The number of aliphatic hydroxyl groups is 1. The third-order valence-electron chi connectivity index (χ3n) is 3.15. The minimum absolute atomic E-state index is 0.351. The molecule has 0 amide bonds. The zero-order valence-electron chi connectivity index (χ0n) is 12.0. The van der Waals surface area contributed by atoms with Crippen molar-refractivity contribution in [2.24, 2.45) is 5.92 Å². The van der Waals surface area contributed by atoms with Gasteiger partial charge in [0.05, 0.1) is 0 Å². The quantitative estimate of drug-likeness (QED) is 0.483. The summed E-state index contributed by atoms with van der Waals surface area (Å²) in [4.78, 5) is 0. The molecule has 0 spiro atoms. The summed E-state index contributed by atoms with van der Waals surface area (Å²) in [7, 11) is 0. The Bertz CT molecular complexity index is 137. The predicted molar refractivity (Wildman–Crippen MR) is 76.3 cm³/mol. The van der Waals surface area contributed by atoms with Crippen molar-refractivity contribution < 1.29 is 5.11 Å². The fourth-order valence-electron chi connectivity index (χ4n) is 2.00. The van der Waals surface area contributed by atoms with Crippen LogP contribution in [-0.4, -0.2) is 24.8 Å². The van der Waals surface area contributed by atoms with Gasteiger partial charge in [0.15, 0.2) is 0 Å². The first kappa shape index (κ1) is 16.9. The number of rotatable bonds is 13. The number of nitrogens with one attached hydrogen (secondary N) is 1. The van der Waals surface area contributed by atoms with Crippen LogP contribution in [-0.2, 0) is 0 Å². The van der Waals surface area contributed by atoms with E-state index < -0.39 is 0 Å². The van der Waals surface area contributed by atoms with E-state index >= 15 is 0 Å². The first-order chi connectivity index (χ1) is 8.27. The van der Waals surface area contributed by atoms with Gasteiger partial charge >= 0.3 is 0 Å². The van der Waals surface area contributed by atoms with Crippen LogP contribution in [0.4, 0.5) is 0 Å². The average Bonchev–Trinajstić information content (AvgIpc) is 2.30. The summed E-state index contributed by atoms with van der Waals surface area (Å²) >= 11 is 0. The van der Waals surface area contributed by atoms with E-state index in [2.05, 4.69) is 19.2 Å². The van der Waals surface area contributed by atoms with Gasteiger partial charge in [-0.1, -0.05) is 52.4 Å². The molecule has 0 unspecified atom stereocenters. The minimum atomic E-state index is 0.351. The molecule has 2 nitrogen and oxygen atoms in total. The zero-order valence-corrected chi connectivity index (χ0v) is 12.0. The lowest BCUT2D eigenvalue weighted by Gasteiger charge is -2.06. The predicted octanol–water partition coefficient (Wildman–Crippen LogP) is 3.74. The smallest absolute Gasteiger partial charge is 0.0431 e. The molecule has 0 aliphatic rings. The topological polar surface area (TPSA) is 32.3 Å². The fourth-order valence-corrected chi connectivity index (χ4v) is 2.00. The Morgan fingerprint density at radius 1 is 0.765 bits per heavy atom. The summed E-state index contributed by atoms with van der Waals surface area (Å²) in [6.07, 6.45) is 11.5. The van der Waals surface area contributed by atoms with Crippen molar-refractivity contribution in [3.63, 3.8) is 0 Å². The molecule has 0 saturated heterocycles. The standard InChI is InChI=1S/C15H33NO/c1-15(2)11-7-3-4-8-12-16-13-9-5-6-10-14-17/h15-17H,3-14H2,1-2H3. The molecule has 0 radical (unpaired) electrons. The van der Waals surface area contributed by atoms with Gasteiger partial charge in [-0.05, 0) is 38.3 Å². The number of hydrogen-bond donors (Lipinski definition) is 2. The van der Waals surface area contributed by atoms with E-state index in [-0.39, 0.29) is 0 Å². The molecule has 17 heavy (non-hydrogen) atoms. The Kier molecular flexibility index (Phi) is 13.9. The first-order valence-electron chi connectivity index (χ1n) is 7.59. The molecule has 2 heteroatoms. The number of unbranched alkanes of at least 4 members (excludes halogenated alkanes) is 6. The molecule has 0 bridgehead atoms. The molecule has 0 aromatic carbocycles. The van der Waals surface area contributed by atoms with Crippen molar-refractivity contribution >= 4 is 0 Å². The Morgan fingerprint density at radius 3 is 1.82 bits per heavy atom. The molecule has 0 aromatic rings. The molecule has 0 rings (SSSR count). The van der Waals surface area contributed by atoms with Crippen molar-refractivity contribution in [3.05, 3.63) is 0 Å². The van der Waals surface area contributed by atoms with Crippen LogP contribution < -0.4 is 5.32 Å². The summed E-state index contributed by atoms with van der Waals surface area (Å²) in [5, 5.41) is 12.1. The average molecular weight is 243 g/mol. The minimum Gasteiger partial charge on any atom is -0.396 e. The van der Waals surface area contributed by atoms with Crippen molar-refractivity contribution in [1.82, 2.24) is 5.32 Å². The van der Waals surface area contributed by atoms with E-state index in [1.807, 2.05) is 0 Å². The SMILES string of the molecule is CC(C)CCCCCCNCCCCCCO. The maximum absolute atomic E-state index is 8.63. The van der Waals surface area contributed by atoms with Gasteiger partial charge in [0, 0.05) is 6.61 Å². The molecule has 0 aromatic heterocycles. The van der Waals surface area contributed by atoms with Crippen LogP contribution in [0.1, 0.15) is 71.6 Å². The van der Waals surface area contributed by atoms with Crippen molar-refractivity contribution in [2.45, 2.75) is 71.6 Å². The summed E-state index contributed by atoms with van der Waals surface area (Å²) in [6, 6.07) is 0. The summed E-state index contributed by atoms with van der Waals surface area (Å²) in [6.45, 7) is 7.29. The monoisotopic (exact) mass is 243 g/mol. The molecule has 104 valence electrons. The number of aliphatic hydroxyl groups excluding tert-OH is 1. The van der Waals surface area contributed by atoms with Crippen LogP contribution in [0, 0.1) is 5.92 Å². The van der Waals surface area contributed by atoms with E-state index in [9.17, 15) is 0 Å².